The number of halogens is 2. The standard InChI is InChI=1S/C17H18F2N4O5/c18-9-3-1-8(2-4-9)16(26)21-11-7-28-12(14(25)13(11)24)6-23-5-10(19)15(20)22-17(23)27/h1-5,11-14,24-25H,6-7H2,(H,21,26)(H2,20,22,27)/t11-,12-,13+,14-/m1/s1. The average molecular weight is 396 g/mol. The Labute approximate surface area is 157 Å². The van der Waals surface area contributed by atoms with Crippen molar-refractivity contribution in [1.82, 2.24) is 14.9 Å². The third-order valence-electron chi connectivity index (χ3n) is 4.41. The molecule has 1 aliphatic rings. The summed E-state index contributed by atoms with van der Waals surface area (Å²) in [4.78, 5) is 27.2. The van der Waals surface area contributed by atoms with Crippen molar-refractivity contribution >= 4 is 11.7 Å². The highest BCUT2D eigenvalue weighted by atomic mass is 19.1. The van der Waals surface area contributed by atoms with Gasteiger partial charge in [0.15, 0.2) is 11.6 Å². The van der Waals surface area contributed by atoms with Crippen molar-refractivity contribution in [2.45, 2.75) is 30.9 Å². The number of carbonyl (C=O) groups excluding carboxylic acids is 1. The molecule has 150 valence electrons. The fraction of sp³-hybridized carbons (Fsp3) is 0.353. The molecule has 2 aromatic rings. The number of hydrogen-bond acceptors (Lipinski definition) is 7. The van der Waals surface area contributed by atoms with E-state index in [1.807, 2.05) is 0 Å². The van der Waals surface area contributed by atoms with E-state index in [1.165, 1.54) is 12.1 Å². The molecule has 1 aromatic carbocycles. The summed E-state index contributed by atoms with van der Waals surface area (Å²) < 4.78 is 32.7. The Kier molecular flexibility index (Phi) is 5.68. The minimum atomic E-state index is -1.47. The number of nitrogen functional groups attached to an aromatic ring is 1. The van der Waals surface area contributed by atoms with E-state index in [1.54, 1.807) is 0 Å². The summed E-state index contributed by atoms with van der Waals surface area (Å²) in [5, 5.41) is 23.1. The number of anilines is 1. The van der Waals surface area contributed by atoms with E-state index in [2.05, 4.69) is 10.3 Å². The molecule has 4 atom stereocenters. The molecule has 1 saturated heterocycles. The first-order valence-electron chi connectivity index (χ1n) is 8.33. The van der Waals surface area contributed by atoms with Crippen LogP contribution in [0.2, 0.25) is 0 Å². The van der Waals surface area contributed by atoms with Crippen LogP contribution in [0.5, 0.6) is 0 Å². The Balaban J connectivity index is 1.65. The van der Waals surface area contributed by atoms with E-state index in [0.717, 1.165) is 22.9 Å². The first-order valence-corrected chi connectivity index (χ1v) is 8.33. The van der Waals surface area contributed by atoms with Gasteiger partial charge < -0.3 is 26.0 Å². The van der Waals surface area contributed by atoms with Crippen LogP contribution in [0.3, 0.4) is 0 Å². The number of rotatable bonds is 4. The molecular weight excluding hydrogens is 378 g/mol. The number of carbonyl (C=O) groups is 1. The van der Waals surface area contributed by atoms with Crippen molar-refractivity contribution in [3.63, 3.8) is 0 Å². The predicted octanol–water partition coefficient (Wildman–Crippen LogP) is -0.977. The van der Waals surface area contributed by atoms with Gasteiger partial charge in [0.2, 0.25) is 0 Å². The fourth-order valence-corrected chi connectivity index (χ4v) is 2.83. The predicted molar refractivity (Wildman–Crippen MR) is 92.3 cm³/mol. The molecule has 5 N–H and O–H groups in total. The lowest BCUT2D eigenvalue weighted by Gasteiger charge is -2.38. The summed E-state index contributed by atoms with van der Waals surface area (Å²) in [7, 11) is 0. The van der Waals surface area contributed by atoms with Crippen LogP contribution in [-0.2, 0) is 11.3 Å². The number of aliphatic hydroxyl groups is 2. The lowest BCUT2D eigenvalue weighted by Crippen LogP contribution is -2.60. The van der Waals surface area contributed by atoms with Crippen LogP contribution in [0.25, 0.3) is 0 Å². The quantitative estimate of drug-likeness (QED) is 0.521. The molecule has 1 aliphatic heterocycles. The van der Waals surface area contributed by atoms with Gasteiger partial charge in [0.25, 0.3) is 5.91 Å². The molecule has 1 aromatic heterocycles. The molecule has 1 amide bonds. The first kappa shape index (κ1) is 19.9. The Hall–Kier alpha value is -2.89. The zero-order valence-corrected chi connectivity index (χ0v) is 14.5. The lowest BCUT2D eigenvalue weighted by molar-refractivity contribution is -0.152. The fourth-order valence-electron chi connectivity index (χ4n) is 2.83. The minimum Gasteiger partial charge on any atom is -0.388 e. The van der Waals surface area contributed by atoms with Crippen molar-refractivity contribution in [2.24, 2.45) is 0 Å². The van der Waals surface area contributed by atoms with Gasteiger partial charge in [-0.2, -0.15) is 4.98 Å². The summed E-state index contributed by atoms with van der Waals surface area (Å²) in [5.74, 6) is -2.54. The average Bonchev–Trinajstić information content (AvgIpc) is 2.66. The maximum Gasteiger partial charge on any atom is 0.349 e. The van der Waals surface area contributed by atoms with E-state index in [-0.39, 0.29) is 18.7 Å². The molecule has 1 fully saturated rings. The smallest absolute Gasteiger partial charge is 0.349 e. The van der Waals surface area contributed by atoms with E-state index in [0.29, 0.717) is 0 Å². The highest BCUT2D eigenvalue weighted by Gasteiger charge is 2.39. The topological polar surface area (TPSA) is 140 Å². The molecule has 0 saturated carbocycles. The van der Waals surface area contributed by atoms with Crippen LogP contribution in [0.15, 0.2) is 35.3 Å². The van der Waals surface area contributed by atoms with E-state index < -0.39 is 53.4 Å². The number of amides is 1. The molecular formula is C17H18F2N4O5. The van der Waals surface area contributed by atoms with Gasteiger partial charge in [-0.15, -0.1) is 0 Å². The van der Waals surface area contributed by atoms with E-state index >= 15 is 0 Å². The number of aromatic nitrogens is 2. The normalized spacial score (nSPS) is 24.7. The zero-order valence-electron chi connectivity index (χ0n) is 14.5. The molecule has 11 heteroatoms. The largest absolute Gasteiger partial charge is 0.388 e. The summed E-state index contributed by atoms with van der Waals surface area (Å²) in [5.41, 5.74) is 4.54. The van der Waals surface area contributed by atoms with Crippen molar-refractivity contribution < 1.29 is 28.5 Å². The van der Waals surface area contributed by atoms with Crippen LogP contribution in [-0.4, -0.2) is 56.6 Å². The van der Waals surface area contributed by atoms with Gasteiger partial charge in [0.1, 0.15) is 24.1 Å². The monoisotopic (exact) mass is 396 g/mol. The second kappa shape index (κ2) is 8.00. The van der Waals surface area contributed by atoms with Crippen molar-refractivity contribution in [3.8, 4) is 0 Å². The molecule has 0 bridgehead atoms. The lowest BCUT2D eigenvalue weighted by atomic mass is 9.97. The van der Waals surface area contributed by atoms with Gasteiger partial charge in [0, 0.05) is 11.8 Å². The molecule has 0 unspecified atom stereocenters. The SMILES string of the molecule is Nc1nc(=O)n(C[C@H]2OC[C@@H](NC(=O)c3ccc(F)cc3)[C@H](O)[C@@H]2O)cc1F. The van der Waals surface area contributed by atoms with Crippen molar-refractivity contribution in [1.29, 1.82) is 0 Å². The highest BCUT2D eigenvalue weighted by Crippen LogP contribution is 2.18. The summed E-state index contributed by atoms with van der Waals surface area (Å²) >= 11 is 0. The minimum absolute atomic E-state index is 0.167. The molecule has 9 nitrogen and oxygen atoms in total. The Morgan fingerprint density at radius 3 is 2.64 bits per heavy atom. The van der Waals surface area contributed by atoms with Crippen LogP contribution in [0.4, 0.5) is 14.6 Å². The van der Waals surface area contributed by atoms with Crippen LogP contribution < -0.4 is 16.7 Å². The molecule has 3 rings (SSSR count). The third-order valence-corrected chi connectivity index (χ3v) is 4.41. The third kappa shape index (κ3) is 4.16. The second-order valence-electron chi connectivity index (χ2n) is 6.35. The molecule has 0 spiro atoms. The van der Waals surface area contributed by atoms with Crippen LogP contribution in [0, 0.1) is 11.6 Å². The van der Waals surface area contributed by atoms with E-state index in [9.17, 15) is 28.6 Å². The molecule has 2 heterocycles. The zero-order chi connectivity index (χ0) is 20.4. The van der Waals surface area contributed by atoms with Gasteiger partial charge in [-0.1, -0.05) is 0 Å². The van der Waals surface area contributed by atoms with Crippen molar-refractivity contribution in [3.05, 3.63) is 58.1 Å². The number of nitrogens with one attached hydrogen (secondary N) is 1. The number of nitrogens with zero attached hydrogens (tertiary/aromatic N) is 2. The van der Waals surface area contributed by atoms with Crippen LogP contribution >= 0.6 is 0 Å². The van der Waals surface area contributed by atoms with Gasteiger partial charge in [0.05, 0.1) is 19.2 Å². The molecule has 0 aliphatic carbocycles. The highest BCUT2D eigenvalue weighted by molar-refractivity contribution is 5.94. The summed E-state index contributed by atoms with van der Waals surface area (Å²) in [6.07, 6.45) is -3.10. The maximum absolute atomic E-state index is 13.5. The van der Waals surface area contributed by atoms with Crippen LogP contribution in [0.1, 0.15) is 10.4 Å². The summed E-state index contributed by atoms with van der Waals surface area (Å²) in [6.45, 7) is -0.449. The Morgan fingerprint density at radius 2 is 1.96 bits per heavy atom. The second-order valence-corrected chi connectivity index (χ2v) is 6.35. The number of aliphatic hydroxyl groups excluding tert-OH is 2. The Morgan fingerprint density at radius 1 is 1.29 bits per heavy atom. The number of benzene rings is 1. The number of hydrogen-bond donors (Lipinski definition) is 4. The van der Waals surface area contributed by atoms with Gasteiger partial charge >= 0.3 is 5.69 Å². The van der Waals surface area contributed by atoms with Gasteiger partial charge in [-0.3, -0.25) is 9.36 Å². The molecule has 28 heavy (non-hydrogen) atoms. The van der Waals surface area contributed by atoms with Crippen molar-refractivity contribution in [2.75, 3.05) is 12.3 Å². The van der Waals surface area contributed by atoms with E-state index in [4.69, 9.17) is 10.5 Å². The summed E-state index contributed by atoms with van der Waals surface area (Å²) in [6, 6.07) is 3.84. The van der Waals surface area contributed by atoms with Gasteiger partial charge in [-0.25, -0.2) is 13.6 Å². The van der Waals surface area contributed by atoms with Gasteiger partial charge in [-0.05, 0) is 24.3 Å². The molecule has 0 radical (unpaired) electrons. The maximum atomic E-state index is 13.5. The number of nitrogens with two attached hydrogens (primary N) is 1. The first-order chi connectivity index (χ1) is 13.3. The Bertz CT molecular complexity index is 921. The number of ether oxygens (including phenoxy) is 1.